The van der Waals surface area contributed by atoms with Crippen LogP contribution in [0.3, 0.4) is 0 Å². The second kappa shape index (κ2) is 10.8. The van der Waals surface area contributed by atoms with Crippen LogP contribution in [0.2, 0.25) is 0 Å². The van der Waals surface area contributed by atoms with Gasteiger partial charge >= 0.3 is 0 Å². The molecule has 0 amide bonds. The number of hydrogen-bond acceptors (Lipinski definition) is 2. The van der Waals surface area contributed by atoms with Gasteiger partial charge in [-0.15, -0.1) is 0 Å². The van der Waals surface area contributed by atoms with Crippen molar-refractivity contribution in [3.8, 4) is 39.1 Å². The van der Waals surface area contributed by atoms with E-state index in [9.17, 15) is 0 Å². The summed E-state index contributed by atoms with van der Waals surface area (Å²) in [6.45, 7) is 0. The molecule has 8 aromatic carbocycles. The van der Waals surface area contributed by atoms with Crippen molar-refractivity contribution in [3.63, 3.8) is 0 Å². The Morgan fingerprint density at radius 3 is 1.29 bits per heavy atom. The summed E-state index contributed by atoms with van der Waals surface area (Å²) in [4.78, 5) is 0. The molecule has 0 atom stereocenters. The fraction of sp³-hybridized carbons (Fsp3) is 0. The average Bonchev–Trinajstić information content (AvgIpc) is 3.87. The maximum absolute atomic E-state index is 6.20. The number of para-hydroxylation sites is 4. The zero-order chi connectivity index (χ0) is 33.5. The lowest BCUT2D eigenvalue weighted by Crippen LogP contribution is -1.92. The van der Waals surface area contributed by atoms with Gasteiger partial charge in [0.25, 0.3) is 0 Å². The van der Waals surface area contributed by atoms with Crippen LogP contribution in [0, 0.1) is 0 Å². The molecule has 3 nitrogen and oxygen atoms in total. The van der Waals surface area contributed by atoms with Crippen LogP contribution in [0.4, 0.5) is 0 Å². The van der Waals surface area contributed by atoms with Gasteiger partial charge in [-0.3, -0.25) is 0 Å². The first-order valence-corrected chi connectivity index (χ1v) is 17.3. The monoisotopic (exact) mass is 651 g/mol. The second-order valence-corrected chi connectivity index (χ2v) is 13.3. The van der Waals surface area contributed by atoms with Crippen molar-refractivity contribution in [2.75, 3.05) is 0 Å². The Labute approximate surface area is 293 Å². The molecular formula is C48H29NO2. The highest BCUT2D eigenvalue weighted by Crippen LogP contribution is 2.40. The average molecular weight is 652 g/mol. The van der Waals surface area contributed by atoms with Crippen LogP contribution in [-0.2, 0) is 0 Å². The summed E-state index contributed by atoms with van der Waals surface area (Å²) in [5.41, 5.74) is 14.1. The van der Waals surface area contributed by atoms with Gasteiger partial charge in [0.05, 0.1) is 11.0 Å². The van der Waals surface area contributed by atoms with Crippen LogP contribution in [0.25, 0.3) is 105 Å². The summed E-state index contributed by atoms with van der Waals surface area (Å²) in [7, 11) is 0. The maximum atomic E-state index is 6.20. The van der Waals surface area contributed by atoms with Gasteiger partial charge in [-0.25, -0.2) is 0 Å². The standard InChI is InChI=1S/C48H29NO2/c1-2-10-36(11-3-1)49-43-15-7-4-12-37(43)40-27-30(18-21-44(40)49)33-24-34(31-19-22-47-41(28-31)38-13-5-8-16-45(38)50-47)26-35(25-33)32-20-23-48-42(29-32)39-14-6-9-17-46(39)51-48/h1-29H. The van der Waals surface area contributed by atoms with Crippen LogP contribution < -0.4 is 0 Å². The predicted octanol–water partition coefficient (Wildman–Crippen LogP) is 13.6. The summed E-state index contributed by atoms with van der Waals surface area (Å²) >= 11 is 0. The molecule has 0 radical (unpaired) electrons. The van der Waals surface area contributed by atoms with E-state index in [2.05, 4.69) is 156 Å². The highest BCUT2D eigenvalue weighted by atomic mass is 16.3. The molecule has 3 heterocycles. The van der Waals surface area contributed by atoms with Gasteiger partial charge in [-0.05, 0) is 118 Å². The molecule has 0 aliphatic rings. The molecule has 0 bridgehead atoms. The minimum Gasteiger partial charge on any atom is -0.456 e. The molecule has 0 fully saturated rings. The number of aromatic nitrogens is 1. The van der Waals surface area contributed by atoms with Crippen molar-refractivity contribution in [2.24, 2.45) is 0 Å². The van der Waals surface area contributed by atoms with E-state index >= 15 is 0 Å². The number of rotatable bonds is 4. The first-order valence-electron chi connectivity index (χ1n) is 17.3. The van der Waals surface area contributed by atoms with E-state index in [1.54, 1.807) is 0 Å². The van der Waals surface area contributed by atoms with Gasteiger partial charge < -0.3 is 13.4 Å². The third-order valence-corrected chi connectivity index (χ3v) is 10.4. The van der Waals surface area contributed by atoms with E-state index in [0.717, 1.165) is 77.4 Å². The van der Waals surface area contributed by atoms with Crippen LogP contribution in [0.15, 0.2) is 185 Å². The predicted molar refractivity (Wildman–Crippen MR) is 212 cm³/mol. The SMILES string of the molecule is c1ccc(-n2c3ccccc3c3cc(-c4cc(-c5ccc6oc7ccccc7c6c5)cc(-c5ccc6oc7ccccc7c6c5)c4)ccc32)cc1. The Morgan fingerprint density at radius 1 is 0.275 bits per heavy atom. The molecule has 0 aliphatic heterocycles. The molecule has 11 rings (SSSR count). The van der Waals surface area contributed by atoms with E-state index in [0.29, 0.717) is 0 Å². The molecule has 0 saturated carbocycles. The maximum Gasteiger partial charge on any atom is 0.135 e. The lowest BCUT2D eigenvalue weighted by Gasteiger charge is -2.12. The number of fused-ring (bicyclic) bond motifs is 9. The highest BCUT2D eigenvalue weighted by Gasteiger charge is 2.16. The smallest absolute Gasteiger partial charge is 0.135 e. The van der Waals surface area contributed by atoms with E-state index in [1.807, 2.05) is 24.3 Å². The molecule has 0 aliphatic carbocycles. The highest BCUT2D eigenvalue weighted by molar-refractivity contribution is 6.11. The molecule has 238 valence electrons. The Kier molecular flexibility index (Phi) is 5.96. The Hall–Kier alpha value is -6.84. The number of benzene rings is 8. The normalized spacial score (nSPS) is 11.9. The van der Waals surface area contributed by atoms with Gasteiger partial charge in [0.2, 0.25) is 0 Å². The van der Waals surface area contributed by atoms with Gasteiger partial charge in [-0.2, -0.15) is 0 Å². The second-order valence-electron chi connectivity index (χ2n) is 13.3. The van der Waals surface area contributed by atoms with Gasteiger partial charge in [0.15, 0.2) is 0 Å². The topological polar surface area (TPSA) is 31.2 Å². The summed E-state index contributed by atoms with van der Waals surface area (Å²) in [6, 6.07) is 62.8. The summed E-state index contributed by atoms with van der Waals surface area (Å²) in [6.07, 6.45) is 0. The molecule has 0 spiro atoms. The van der Waals surface area contributed by atoms with Crippen LogP contribution in [-0.4, -0.2) is 4.57 Å². The van der Waals surface area contributed by atoms with E-state index in [1.165, 1.54) is 27.4 Å². The molecule has 0 N–H and O–H groups in total. The zero-order valence-corrected chi connectivity index (χ0v) is 27.5. The lowest BCUT2D eigenvalue weighted by atomic mass is 9.92. The number of furan rings is 2. The fourth-order valence-corrected chi connectivity index (χ4v) is 7.95. The third kappa shape index (κ3) is 4.38. The molecule has 11 aromatic rings. The molecule has 51 heavy (non-hydrogen) atoms. The minimum absolute atomic E-state index is 0.897. The lowest BCUT2D eigenvalue weighted by molar-refractivity contribution is 0.668. The van der Waals surface area contributed by atoms with E-state index in [4.69, 9.17) is 8.83 Å². The van der Waals surface area contributed by atoms with Crippen molar-refractivity contribution in [1.29, 1.82) is 0 Å². The zero-order valence-electron chi connectivity index (χ0n) is 27.5. The number of hydrogen-bond donors (Lipinski definition) is 0. The van der Waals surface area contributed by atoms with Crippen molar-refractivity contribution in [2.45, 2.75) is 0 Å². The summed E-state index contributed by atoms with van der Waals surface area (Å²) < 4.78 is 14.8. The third-order valence-electron chi connectivity index (χ3n) is 10.4. The largest absolute Gasteiger partial charge is 0.456 e. The first-order chi connectivity index (χ1) is 25.2. The minimum atomic E-state index is 0.897. The number of nitrogens with zero attached hydrogens (tertiary/aromatic N) is 1. The van der Waals surface area contributed by atoms with Crippen LogP contribution in [0.1, 0.15) is 0 Å². The van der Waals surface area contributed by atoms with Crippen LogP contribution >= 0.6 is 0 Å². The summed E-state index contributed by atoms with van der Waals surface area (Å²) in [5.74, 6) is 0. The Bertz CT molecular complexity index is 3010. The van der Waals surface area contributed by atoms with Crippen molar-refractivity contribution < 1.29 is 8.83 Å². The van der Waals surface area contributed by atoms with Gasteiger partial charge in [0.1, 0.15) is 22.3 Å². The van der Waals surface area contributed by atoms with Crippen LogP contribution in [0.5, 0.6) is 0 Å². The molecule has 3 heteroatoms. The Balaban J connectivity index is 1.14. The van der Waals surface area contributed by atoms with E-state index in [-0.39, 0.29) is 0 Å². The van der Waals surface area contributed by atoms with E-state index < -0.39 is 0 Å². The van der Waals surface area contributed by atoms with Crippen molar-refractivity contribution in [3.05, 3.63) is 176 Å². The molecule has 0 saturated heterocycles. The first kappa shape index (κ1) is 28.0. The molecule has 0 unspecified atom stereocenters. The van der Waals surface area contributed by atoms with Gasteiger partial charge in [0, 0.05) is 38.0 Å². The van der Waals surface area contributed by atoms with Crippen molar-refractivity contribution in [1.82, 2.24) is 4.57 Å². The fourth-order valence-electron chi connectivity index (χ4n) is 7.95. The van der Waals surface area contributed by atoms with Crippen molar-refractivity contribution >= 4 is 65.7 Å². The Morgan fingerprint density at radius 2 is 0.706 bits per heavy atom. The summed E-state index contributed by atoms with van der Waals surface area (Å²) in [5, 5.41) is 6.97. The molecule has 3 aromatic heterocycles. The quantitative estimate of drug-likeness (QED) is 0.190. The molecular weight excluding hydrogens is 623 g/mol. The van der Waals surface area contributed by atoms with Gasteiger partial charge in [-0.1, -0.05) is 91.0 Å².